The monoisotopic (exact) mass is 305 g/mol. The second-order valence-electron chi connectivity index (χ2n) is 5.69. The van der Waals surface area contributed by atoms with Crippen molar-refractivity contribution < 1.29 is 23.1 Å². The molecule has 2 fully saturated rings. The van der Waals surface area contributed by atoms with Crippen molar-refractivity contribution in [1.82, 2.24) is 4.72 Å². The number of carboxylic acid groups (broad SMARTS) is 1. The number of carboxylic acids is 1. The predicted octanol–water partition coefficient (Wildman–Crippen LogP) is 1.12. The Bertz CT molecular complexity index is 424. The standard InChI is InChI=1S/C13H23NO5S/c15-13(16)12(10-4-2-1-3-5-10)14-20(17,18)11-6-8-19-9-7-11/h10-12,14H,1-9H2,(H,15,16). The number of carbonyl (C=O) groups is 1. The van der Waals surface area contributed by atoms with Crippen molar-refractivity contribution in [3.8, 4) is 0 Å². The van der Waals surface area contributed by atoms with Gasteiger partial charge in [-0.15, -0.1) is 0 Å². The third-order valence-corrected chi connectivity index (χ3v) is 6.22. The summed E-state index contributed by atoms with van der Waals surface area (Å²) in [6.45, 7) is 0.847. The first kappa shape index (κ1) is 15.7. The van der Waals surface area contributed by atoms with E-state index in [1.54, 1.807) is 0 Å². The number of rotatable bonds is 5. The number of aliphatic carboxylic acids is 1. The molecule has 1 saturated carbocycles. The fourth-order valence-electron chi connectivity index (χ4n) is 3.08. The third kappa shape index (κ3) is 3.93. The van der Waals surface area contributed by atoms with Gasteiger partial charge in [0.1, 0.15) is 6.04 Å². The Morgan fingerprint density at radius 2 is 1.70 bits per heavy atom. The van der Waals surface area contributed by atoms with Crippen LogP contribution in [0.25, 0.3) is 0 Å². The van der Waals surface area contributed by atoms with Crippen LogP contribution >= 0.6 is 0 Å². The molecule has 2 aliphatic rings. The summed E-state index contributed by atoms with van der Waals surface area (Å²) in [6, 6.07) is -0.983. The normalized spacial score (nSPS) is 24.4. The lowest BCUT2D eigenvalue weighted by Crippen LogP contribution is -2.50. The second kappa shape index (κ2) is 6.87. The molecule has 1 atom stereocenters. The Morgan fingerprint density at radius 3 is 2.25 bits per heavy atom. The zero-order valence-corrected chi connectivity index (χ0v) is 12.4. The number of nitrogens with one attached hydrogen (secondary N) is 1. The zero-order chi connectivity index (χ0) is 14.6. The van der Waals surface area contributed by atoms with Crippen LogP contribution in [0.3, 0.4) is 0 Å². The van der Waals surface area contributed by atoms with Crippen molar-refractivity contribution >= 4 is 16.0 Å². The van der Waals surface area contributed by atoms with E-state index in [0.29, 0.717) is 26.1 Å². The molecule has 0 aromatic carbocycles. The van der Waals surface area contributed by atoms with Crippen LogP contribution in [0.5, 0.6) is 0 Å². The van der Waals surface area contributed by atoms with Gasteiger partial charge in [-0.25, -0.2) is 13.1 Å². The van der Waals surface area contributed by atoms with E-state index in [-0.39, 0.29) is 5.92 Å². The van der Waals surface area contributed by atoms with E-state index < -0.39 is 27.3 Å². The molecule has 6 nitrogen and oxygen atoms in total. The summed E-state index contributed by atoms with van der Waals surface area (Å²) in [5, 5.41) is 8.81. The van der Waals surface area contributed by atoms with Crippen molar-refractivity contribution in [3.63, 3.8) is 0 Å². The van der Waals surface area contributed by atoms with Gasteiger partial charge in [0.2, 0.25) is 10.0 Å². The highest BCUT2D eigenvalue weighted by Gasteiger charge is 2.36. The Kier molecular flexibility index (Phi) is 5.40. The fraction of sp³-hybridized carbons (Fsp3) is 0.923. The van der Waals surface area contributed by atoms with Crippen LogP contribution in [-0.4, -0.2) is 44.0 Å². The minimum Gasteiger partial charge on any atom is -0.480 e. The molecule has 116 valence electrons. The average Bonchev–Trinajstić information content (AvgIpc) is 2.46. The van der Waals surface area contributed by atoms with Gasteiger partial charge >= 0.3 is 5.97 Å². The maximum Gasteiger partial charge on any atom is 0.322 e. The molecular formula is C13H23NO5S. The minimum atomic E-state index is -3.59. The summed E-state index contributed by atoms with van der Waals surface area (Å²) in [5.41, 5.74) is 0. The van der Waals surface area contributed by atoms with E-state index in [9.17, 15) is 18.3 Å². The summed E-state index contributed by atoms with van der Waals surface area (Å²) >= 11 is 0. The molecule has 0 bridgehead atoms. The Balaban J connectivity index is 2.04. The van der Waals surface area contributed by atoms with Crippen LogP contribution < -0.4 is 4.72 Å². The highest BCUT2D eigenvalue weighted by Crippen LogP contribution is 2.27. The van der Waals surface area contributed by atoms with Gasteiger partial charge in [0, 0.05) is 13.2 Å². The molecule has 0 spiro atoms. The van der Waals surface area contributed by atoms with Crippen LogP contribution in [0.1, 0.15) is 44.9 Å². The fourth-order valence-corrected chi connectivity index (χ4v) is 4.73. The highest BCUT2D eigenvalue weighted by atomic mass is 32.2. The van der Waals surface area contributed by atoms with Gasteiger partial charge in [-0.2, -0.15) is 0 Å². The Labute approximate surface area is 119 Å². The summed E-state index contributed by atoms with van der Waals surface area (Å²) in [6.07, 6.45) is 5.51. The van der Waals surface area contributed by atoms with E-state index >= 15 is 0 Å². The van der Waals surface area contributed by atoms with Gasteiger partial charge in [-0.05, 0) is 31.6 Å². The number of hydrogen-bond donors (Lipinski definition) is 2. The molecule has 1 saturated heterocycles. The van der Waals surface area contributed by atoms with E-state index in [0.717, 1.165) is 32.1 Å². The minimum absolute atomic E-state index is 0.0872. The molecular weight excluding hydrogens is 282 g/mol. The molecule has 1 unspecified atom stereocenters. The van der Waals surface area contributed by atoms with Gasteiger partial charge in [-0.3, -0.25) is 4.79 Å². The van der Waals surface area contributed by atoms with E-state index in [4.69, 9.17) is 4.74 Å². The van der Waals surface area contributed by atoms with Crippen LogP contribution in [0.4, 0.5) is 0 Å². The SMILES string of the molecule is O=C(O)C(NS(=O)(=O)C1CCOCC1)C1CCCCC1. The van der Waals surface area contributed by atoms with Crippen LogP contribution in [0.2, 0.25) is 0 Å². The van der Waals surface area contributed by atoms with Gasteiger partial charge in [0.05, 0.1) is 5.25 Å². The van der Waals surface area contributed by atoms with Gasteiger partial charge in [-0.1, -0.05) is 19.3 Å². The summed E-state index contributed by atoms with van der Waals surface area (Å²) in [7, 11) is -3.59. The number of sulfonamides is 1. The summed E-state index contributed by atoms with van der Waals surface area (Å²) in [5.74, 6) is -1.15. The second-order valence-corrected chi connectivity index (χ2v) is 7.68. The molecule has 2 N–H and O–H groups in total. The molecule has 0 aromatic heterocycles. The molecule has 20 heavy (non-hydrogen) atoms. The first-order chi connectivity index (χ1) is 9.50. The van der Waals surface area contributed by atoms with Crippen LogP contribution in [0.15, 0.2) is 0 Å². The number of hydrogen-bond acceptors (Lipinski definition) is 4. The van der Waals surface area contributed by atoms with E-state index in [1.165, 1.54) is 0 Å². The van der Waals surface area contributed by atoms with Crippen molar-refractivity contribution in [1.29, 1.82) is 0 Å². The lowest BCUT2D eigenvalue weighted by atomic mass is 9.84. The van der Waals surface area contributed by atoms with E-state index in [2.05, 4.69) is 4.72 Å². The van der Waals surface area contributed by atoms with Gasteiger partial charge < -0.3 is 9.84 Å². The highest BCUT2D eigenvalue weighted by molar-refractivity contribution is 7.90. The zero-order valence-electron chi connectivity index (χ0n) is 11.6. The number of ether oxygens (including phenoxy) is 1. The van der Waals surface area contributed by atoms with Crippen LogP contribution in [-0.2, 0) is 19.6 Å². The molecule has 1 aliphatic heterocycles. The van der Waals surface area contributed by atoms with Crippen molar-refractivity contribution in [2.45, 2.75) is 56.2 Å². The van der Waals surface area contributed by atoms with Gasteiger partial charge in [0.25, 0.3) is 0 Å². The molecule has 1 heterocycles. The van der Waals surface area contributed by atoms with E-state index in [1.807, 2.05) is 0 Å². The molecule has 7 heteroatoms. The van der Waals surface area contributed by atoms with Crippen molar-refractivity contribution in [3.05, 3.63) is 0 Å². The lowest BCUT2D eigenvalue weighted by Gasteiger charge is -2.30. The molecule has 0 amide bonds. The molecule has 0 aromatic rings. The summed E-state index contributed by atoms with van der Waals surface area (Å²) in [4.78, 5) is 11.4. The Morgan fingerprint density at radius 1 is 1.10 bits per heavy atom. The largest absolute Gasteiger partial charge is 0.480 e. The topological polar surface area (TPSA) is 92.7 Å². The average molecular weight is 305 g/mol. The Hall–Kier alpha value is -0.660. The van der Waals surface area contributed by atoms with Crippen molar-refractivity contribution in [2.24, 2.45) is 5.92 Å². The van der Waals surface area contributed by atoms with Crippen LogP contribution in [0, 0.1) is 5.92 Å². The molecule has 1 aliphatic carbocycles. The predicted molar refractivity (Wildman–Crippen MR) is 73.9 cm³/mol. The quantitative estimate of drug-likeness (QED) is 0.794. The smallest absolute Gasteiger partial charge is 0.322 e. The maximum absolute atomic E-state index is 12.3. The third-order valence-electron chi connectivity index (χ3n) is 4.29. The molecule has 2 rings (SSSR count). The maximum atomic E-state index is 12.3. The van der Waals surface area contributed by atoms with Crippen molar-refractivity contribution in [2.75, 3.05) is 13.2 Å². The first-order valence-electron chi connectivity index (χ1n) is 7.32. The van der Waals surface area contributed by atoms with Gasteiger partial charge in [0.15, 0.2) is 0 Å². The summed E-state index contributed by atoms with van der Waals surface area (Å²) < 4.78 is 32.2. The lowest BCUT2D eigenvalue weighted by molar-refractivity contribution is -0.140. The molecule has 0 radical (unpaired) electrons. The first-order valence-corrected chi connectivity index (χ1v) is 8.87.